The molecular formula is C25H26F3N5O2. The van der Waals surface area contributed by atoms with Crippen LogP contribution in [0.4, 0.5) is 18.9 Å². The van der Waals surface area contributed by atoms with Crippen molar-refractivity contribution < 1.29 is 22.8 Å². The van der Waals surface area contributed by atoms with Crippen molar-refractivity contribution in [2.75, 3.05) is 38.6 Å². The third-order valence-electron chi connectivity index (χ3n) is 7.00. The highest BCUT2D eigenvalue weighted by molar-refractivity contribution is 5.96. The van der Waals surface area contributed by atoms with Crippen LogP contribution in [0.5, 0.6) is 0 Å². The highest BCUT2D eigenvalue weighted by Crippen LogP contribution is 2.45. The summed E-state index contributed by atoms with van der Waals surface area (Å²) in [5.74, 6) is -0.456. The number of rotatable bonds is 3. The highest BCUT2D eigenvalue weighted by atomic mass is 19.4. The maximum atomic E-state index is 13.4. The molecular weight excluding hydrogens is 459 g/mol. The summed E-state index contributed by atoms with van der Waals surface area (Å²) in [6, 6.07) is 9.83. The topological polar surface area (TPSA) is 80.5 Å². The number of nitriles is 1. The minimum Gasteiger partial charge on any atom is -0.371 e. The number of aromatic nitrogens is 1. The number of benzene rings is 1. The van der Waals surface area contributed by atoms with E-state index >= 15 is 0 Å². The van der Waals surface area contributed by atoms with Gasteiger partial charge < -0.3 is 14.7 Å². The molecule has 2 aromatic rings. The minimum absolute atomic E-state index is 0.157. The number of hydrogen-bond acceptors (Lipinski definition) is 5. The average molecular weight is 486 g/mol. The van der Waals surface area contributed by atoms with Gasteiger partial charge in [0, 0.05) is 45.6 Å². The van der Waals surface area contributed by atoms with Gasteiger partial charge in [-0.2, -0.15) is 18.4 Å². The number of hydrogen-bond donors (Lipinski definition) is 0. The smallest absolute Gasteiger partial charge is 0.371 e. The van der Waals surface area contributed by atoms with Crippen LogP contribution in [0, 0.1) is 16.7 Å². The fraction of sp³-hybridized carbons (Fsp3) is 0.440. The zero-order valence-corrected chi connectivity index (χ0v) is 19.5. The van der Waals surface area contributed by atoms with Crippen LogP contribution in [0.3, 0.4) is 0 Å². The summed E-state index contributed by atoms with van der Waals surface area (Å²) in [7, 11) is 3.31. The third-order valence-corrected chi connectivity index (χ3v) is 7.00. The van der Waals surface area contributed by atoms with Crippen LogP contribution in [-0.4, -0.2) is 66.4 Å². The van der Waals surface area contributed by atoms with E-state index in [1.54, 1.807) is 43.3 Å². The molecule has 1 unspecified atom stereocenters. The second-order valence-electron chi connectivity index (χ2n) is 9.43. The molecule has 0 aliphatic carbocycles. The summed E-state index contributed by atoms with van der Waals surface area (Å²) < 4.78 is 40.3. The van der Waals surface area contributed by atoms with E-state index in [0.29, 0.717) is 44.6 Å². The van der Waals surface area contributed by atoms with Crippen molar-refractivity contribution in [1.29, 1.82) is 5.26 Å². The molecule has 2 saturated heterocycles. The zero-order valence-electron chi connectivity index (χ0n) is 19.5. The first-order chi connectivity index (χ1) is 16.5. The van der Waals surface area contributed by atoms with Gasteiger partial charge in [0.05, 0.1) is 17.2 Å². The molecule has 0 N–H and O–H groups in total. The Balaban J connectivity index is 1.55. The molecule has 10 heteroatoms. The number of alkyl halides is 3. The predicted molar refractivity (Wildman–Crippen MR) is 122 cm³/mol. The maximum Gasteiger partial charge on any atom is 0.417 e. The van der Waals surface area contributed by atoms with Crippen LogP contribution in [0.25, 0.3) is 0 Å². The van der Waals surface area contributed by atoms with Gasteiger partial charge in [0.15, 0.2) is 0 Å². The van der Waals surface area contributed by atoms with Crippen molar-refractivity contribution in [3.63, 3.8) is 0 Å². The van der Waals surface area contributed by atoms with Crippen LogP contribution in [0.1, 0.15) is 40.9 Å². The number of carbonyl (C=O) groups excluding carboxylic acids is 2. The molecule has 0 bridgehead atoms. The largest absolute Gasteiger partial charge is 0.417 e. The van der Waals surface area contributed by atoms with Gasteiger partial charge >= 0.3 is 6.18 Å². The molecule has 3 heterocycles. The van der Waals surface area contributed by atoms with Gasteiger partial charge in [0.1, 0.15) is 11.7 Å². The van der Waals surface area contributed by atoms with E-state index in [1.807, 2.05) is 4.90 Å². The number of pyridine rings is 1. The van der Waals surface area contributed by atoms with Gasteiger partial charge in [0.2, 0.25) is 5.91 Å². The molecule has 2 aliphatic heterocycles. The molecule has 2 aliphatic rings. The maximum absolute atomic E-state index is 13.4. The molecule has 0 saturated carbocycles. The Morgan fingerprint density at radius 3 is 2.46 bits per heavy atom. The standard InChI is InChI=1S/C25H26F3N5O2/c1-31(2)23(35)21-14-24(16-33(21)22(34)20-5-3-4-10-30-20)8-11-32(12-9-24)18-7-6-17(15-29)19(13-18)25(26,27)28/h3-7,10,13,21H,8-9,11-12,14,16H2,1-2H3. The summed E-state index contributed by atoms with van der Waals surface area (Å²) in [4.78, 5) is 35.3. The van der Waals surface area contributed by atoms with Crippen LogP contribution in [0.2, 0.25) is 0 Å². The Labute approximate surface area is 201 Å². The van der Waals surface area contributed by atoms with E-state index < -0.39 is 23.3 Å². The van der Waals surface area contributed by atoms with Gasteiger partial charge in [-0.05, 0) is 55.0 Å². The lowest BCUT2D eigenvalue weighted by Crippen LogP contribution is -2.46. The second-order valence-corrected chi connectivity index (χ2v) is 9.43. The number of piperidine rings is 1. The minimum atomic E-state index is -4.62. The molecule has 1 atom stereocenters. The van der Waals surface area contributed by atoms with Crippen molar-refractivity contribution in [2.45, 2.75) is 31.5 Å². The Morgan fingerprint density at radius 1 is 1.17 bits per heavy atom. The quantitative estimate of drug-likeness (QED) is 0.664. The van der Waals surface area contributed by atoms with Gasteiger partial charge in [-0.1, -0.05) is 6.07 Å². The van der Waals surface area contributed by atoms with Crippen LogP contribution < -0.4 is 4.90 Å². The molecule has 0 radical (unpaired) electrons. The summed E-state index contributed by atoms with van der Waals surface area (Å²) in [6.07, 6.45) is -1.34. The van der Waals surface area contributed by atoms with Crippen molar-refractivity contribution >= 4 is 17.5 Å². The lowest BCUT2D eigenvalue weighted by Gasteiger charge is -2.40. The van der Waals surface area contributed by atoms with E-state index in [4.69, 9.17) is 5.26 Å². The third kappa shape index (κ3) is 4.81. The monoisotopic (exact) mass is 485 g/mol. The number of anilines is 1. The lowest BCUT2D eigenvalue weighted by atomic mass is 9.76. The van der Waals surface area contributed by atoms with Crippen molar-refractivity contribution in [3.05, 3.63) is 59.4 Å². The normalized spacial score (nSPS) is 19.5. The number of likely N-dealkylation sites (N-methyl/N-ethyl adjacent to an activating group) is 1. The predicted octanol–water partition coefficient (Wildman–Crippen LogP) is 3.56. The molecule has 184 valence electrons. The molecule has 7 nitrogen and oxygen atoms in total. The summed E-state index contributed by atoms with van der Waals surface area (Å²) in [5.41, 5.74) is -0.972. The highest BCUT2D eigenvalue weighted by Gasteiger charge is 2.50. The summed E-state index contributed by atoms with van der Waals surface area (Å²) in [5, 5.41) is 9.05. The first-order valence-corrected chi connectivity index (χ1v) is 11.3. The Morgan fingerprint density at radius 2 is 1.89 bits per heavy atom. The van der Waals surface area contributed by atoms with Gasteiger partial charge in [0.25, 0.3) is 5.91 Å². The molecule has 4 rings (SSSR count). The number of nitrogens with zero attached hydrogens (tertiary/aromatic N) is 5. The van der Waals surface area contributed by atoms with E-state index in [1.165, 1.54) is 23.2 Å². The van der Waals surface area contributed by atoms with Crippen molar-refractivity contribution in [3.8, 4) is 6.07 Å². The van der Waals surface area contributed by atoms with Gasteiger partial charge in [-0.15, -0.1) is 0 Å². The van der Waals surface area contributed by atoms with Crippen LogP contribution in [-0.2, 0) is 11.0 Å². The first kappa shape index (κ1) is 24.5. The SMILES string of the molecule is CN(C)C(=O)C1CC2(CCN(c3ccc(C#N)c(C(F)(F)F)c3)CC2)CN1C(=O)c1ccccn1. The molecule has 1 aromatic carbocycles. The van der Waals surface area contributed by atoms with Crippen LogP contribution >= 0.6 is 0 Å². The Hall–Kier alpha value is -3.61. The van der Waals surface area contributed by atoms with Gasteiger partial charge in [-0.3, -0.25) is 14.6 Å². The fourth-order valence-electron chi connectivity index (χ4n) is 5.09. The van der Waals surface area contributed by atoms with E-state index in [-0.39, 0.29) is 22.9 Å². The molecule has 2 amide bonds. The van der Waals surface area contributed by atoms with E-state index in [2.05, 4.69) is 4.98 Å². The van der Waals surface area contributed by atoms with Crippen molar-refractivity contribution in [1.82, 2.24) is 14.8 Å². The second kappa shape index (κ2) is 9.21. The van der Waals surface area contributed by atoms with Crippen molar-refractivity contribution in [2.24, 2.45) is 5.41 Å². The molecule has 2 fully saturated rings. The van der Waals surface area contributed by atoms with Crippen LogP contribution in [0.15, 0.2) is 42.6 Å². The fourth-order valence-corrected chi connectivity index (χ4v) is 5.09. The number of halogens is 3. The average Bonchev–Trinajstić information content (AvgIpc) is 3.22. The van der Waals surface area contributed by atoms with Gasteiger partial charge in [-0.25, -0.2) is 0 Å². The number of amides is 2. The number of carbonyl (C=O) groups is 2. The Bertz CT molecular complexity index is 1150. The number of likely N-dealkylation sites (tertiary alicyclic amines) is 1. The molecule has 1 aromatic heterocycles. The van der Waals surface area contributed by atoms with E-state index in [9.17, 15) is 22.8 Å². The zero-order chi connectivity index (χ0) is 25.4. The molecule has 35 heavy (non-hydrogen) atoms. The first-order valence-electron chi connectivity index (χ1n) is 11.3. The Kier molecular flexibility index (Phi) is 6.45. The summed E-state index contributed by atoms with van der Waals surface area (Å²) >= 11 is 0. The lowest BCUT2D eigenvalue weighted by molar-refractivity contribution is -0.137. The van der Waals surface area contributed by atoms with E-state index in [0.717, 1.165) is 6.07 Å². The molecule has 1 spiro atoms. The summed E-state index contributed by atoms with van der Waals surface area (Å²) in [6.45, 7) is 1.36.